The number of hydrogen-bond donors (Lipinski definition) is 3. The van der Waals surface area contributed by atoms with E-state index in [4.69, 9.17) is 5.73 Å². The van der Waals surface area contributed by atoms with Crippen LogP contribution in [0.2, 0.25) is 0 Å². The molecule has 0 rings (SSSR count). The topological polar surface area (TPSA) is 58.3 Å². The number of aliphatic hydroxyl groups is 1. The van der Waals surface area contributed by atoms with Crippen LogP contribution in [0.15, 0.2) is 0 Å². The Kier molecular flexibility index (Phi) is 9.99. The van der Waals surface area contributed by atoms with Crippen LogP contribution in [0.1, 0.15) is 59.3 Å². The third-order valence-corrected chi connectivity index (χ3v) is 2.91. The normalized spacial score (nSPS) is 17.1. The van der Waals surface area contributed by atoms with E-state index in [2.05, 4.69) is 19.2 Å². The van der Waals surface area contributed by atoms with Gasteiger partial charge >= 0.3 is 0 Å². The van der Waals surface area contributed by atoms with Gasteiger partial charge in [0.05, 0.1) is 6.10 Å². The number of hydrogen-bond acceptors (Lipinski definition) is 3. The van der Waals surface area contributed by atoms with Crippen LogP contribution in [0, 0.1) is 0 Å². The second-order valence-electron chi connectivity index (χ2n) is 4.93. The molecule has 3 unspecified atom stereocenters. The second-order valence-corrected chi connectivity index (χ2v) is 4.93. The lowest BCUT2D eigenvalue weighted by Gasteiger charge is -2.23. The molecule has 3 nitrogen and oxygen atoms in total. The number of aliphatic hydroxyl groups excluding tert-OH is 1. The molecule has 0 heterocycles. The van der Waals surface area contributed by atoms with E-state index in [9.17, 15) is 5.11 Å². The van der Waals surface area contributed by atoms with Crippen LogP contribution < -0.4 is 11.1 Å². The maximum absolute atomic E-state index is 9.28. The predicted octanol–water partition coefficient (Wildman–Crippen LogP) is 2.03. The maximum Gasteiger partial charge on any atom is 0.0526 e. The highest BCUT2D eigenvalue weighted by Crippen LogP contribution is 2.07. The molecule has 0 radical (unpaired) electrons. The van der Waals surface area contributed by atoms with Gasteiger partial charge in [0, 0.05) is 18.6 Å². The summed E-state index contributed by atoms with van der Waals surface area (Å²) in [5.74, 6) is 0. The van der Waals surface area contributed by atoms with Gasteiger partial charge in [-0.2, -0.15) is 0 Å². The molecule has 0 aliphatic rings. The molecule has 0 aliphatic carbocycles. The zero-order valence-corrected chi connectivity index (χ0v) is 11.2. The fourth-order valence-corrected chi connectivity index (χ4v) is 2.07. The first kappa shape index (κ1) is 15.9. The van der Waals surface area contributed by atoms with Crippen LogP contribution in [-0.4, -0.2) is 29.8 Å². The van der Waals surface area contributed by atoms with Gasteiger partial charge in [-0.15, -0.1) is 0 Å². The minimum atomic E-state index is -0.235. The Morgan fingerprint density at radius 3 is 2.38 bits per heavy atom. The lowest BCUT2D eigenvalue weighted by Crippen LogP contribution is -2.42. The Morgan fingerprint density at radius 2 is 1.88 bits per heavy atom. The van der Waals surface area contributed by atoms with Gasteiger partial charge < -0.3 is 16.2 Å². The van der Waals surface area contributed by atoms with Crippen molar-refractivity contribution in [3.05, 3.63) is 0 Å². The van der Waals surface area contributed by atoms with Gasteiger partial charge in [0.15, 0.2) is 0 Å². The van der Waals surface area contributed by atoms with Gasteiger partial charge in [0.1, 0.15) is 0 Å². The number of unbranched alkanes of at least 4 members (excludes halogenated alkanes) is 3. The summed E-state index contributed by atoms with van der Waals surface area (Å²) in [7, 11) is 0. The maximum atomic E-state index is 9.28. The lowest BCUT2D eigenvalue weighted by molar-refractivity contribution is 0.167. The van der Waals surface area contributed by atoms with E-state index in [1.807, 2.05) is 6.92 Å². The number of rotatable bonds is 10. The summed E-state index contributed by atoms with van der Waals surface area (Å²) in [6.45, 7) is 6.86. The molecule has 0 saturated heterocycles. The predicted molar refractivity (Wildman–Crippen MR) is 70.5 cm³/mol. The van der Waals surface area contributed by atoms with Crippen LogP contribution in [0.4, 0.5) is 0 Å². The van der Waals surface area contributed by atoms with E-state index in [1.54, 1.807) is 0 Å². The van der Waals surface area contributed by atoms with Crippen LogP contribution >= 0.6 is 0 Å². The summed E-state index contributed by atoms with van der Waals surface area (Å²) in [5.41, 5.74) is 5.74. The minimum absolute atomic E-state index is 0.235. The molecule has 0 aromatic carbocycles. The highest BCUT2D eigenvalue weighted by molar-refractivity contribution is 4.73. The number of nitrogens with two attached hydrogens (primary N) is 1. The highest BCUT2D eigenvalue weighted by Gasteiger charge is 2.11. The van der Waals surface area contributed by atoms with Gasteiger partial charge in [-0.25, -0.2) is 0 Å². The molecular weight excluding hydrogens is 200 g/mol. The average Bonchev–Trinajstić information content (AvgIpc) is 2.21. The van der Waals surface area contributed by atoms with E-state index in [-0.39, 0.29) is 6.10 Å². The summed E-state index contributed by atoms with van der Waals surface area (Å²) in [6.07, 6.45) is 6.87. The standard InChI is InChI=1S/C13H30N2O/c1-4-5-6-7-8-13(10-14)15-11(2)9-12(3)16/h11-13,15-16H,4-10,14H2,1-3H3. The molecule has 0 spiro atoms. The second kappa shape index (κ2) is 10.1. The van der Waals surface area contributed by atoms with Gasteiger partial charge in [-0.3, -0.25) is 0 Å². The van der Waals surface area contributed by atoms with E-state index >= 15 is 0 Å². The molecule has 0 aromatic heterocycles. The highest BCUT2D eigenvalue weighted by atomic mass is 16.3. The Bertz CT molecular complexity index is 151. The van der Waals surface area contributed by atoms with Gasteiger partial charge in [0.2, 0.25) is 0 Å². The molecule has 0 fully saturated rings. The molecule has 3 atom stereocenters. The molecule has 3 heteroatoms. The molecule has 0 aliphatic heterocycles. The van der Waals surface area contributed by atoms with E-state index < -0.39 is 0 Å². The van der Waals surface area contributed by atoms with Gasteiger partial charge in [0.25, 0.3) is 0 Å². The molecule has 98 valence electrons. The zero-order chi connectivity index (χ0) is 12.4. The fourth-order valence-electron chi connectivity index (χ4n) is 2.07. The van der Waals surface area contributed by atoms with Crippen molar-refractivity contribution in [2.45, 2.75) is 77.5 Å². The molecule has 0 saturated carbocycles. The van der Waals surface area contributed by atoms with E-state index in [0.29, 0.717) is 18.6 Å². The van der Waals surface area contributed by atoms with Crippen molar-refractivity contribution in [1.29, 1.82) is 0 Å². The lowest BCUT2D eigenvalue weighted by atomic mass is 10.1. The first-order valence-electron chi connectivity index (χ1n) is 6.74. The summed E-state index contributed by atoms with van der Waals surface area (Å²) in [6, 6.07) is 0.755. The molecule has 0 amide bonds. The van der Waals surface area contributed by atoms with Crippen LogP contribution in [0.25, 0.3) is 0 Å². The third-order valence-electron chi connectivity index (χ3n) is 2.91. The molecule has 0 aromatic rings. The van der Waals surface area contributed by atoms with E-state index in [0.717, 1.165) is 12.8 Å². The number of nitrogens with one attached hydrogen (secondary N) is 1. The van der Waals surface area contributed by atoms with Crippen molar-refractivity contribution >= 4 is 0 Å². The Morgan fingerprint density at radius 1 is 1.19 bits per heavy atom. The Hall–Kier alpha value is -0.120. The largest absolute Gasteiger partial charge is 0.393 e. The van der Waals surface area contributed by atoms with Crippen molar-refractivity contribution in [2.75, 3.05) is 6.54 Å². The quantitative estimate of drug-likeness (QED) is 0.503. The van der Waals surface area contributed by atoms with Crippen molar-refractivity contribution in [3.8, 4) is 0 Å². The molecular formula is C13H30N2O. The summed E-state index contributed by atoms with van der Waals surface area (Å²) >= 11 is 0. The average molecular weight is 230 g/mol. The third kappa shape index (κ3) is 9.13. The molecule has 0 bridgehead atoms. The van der Waals surface area contributed by atoms with Crippen molar-refractivity contribution in [2.24, 2.45) is 5.73 Å². The molecule has 16 heavy (non-hydrogen) atoms. The van der Waals surface area contributed by atoms with Crippen molar-refractivity contribution < 1.29 is 5.11 Å². The summed E-state index contributed by atoms with van der Waals surface area (Å²) in [4.78, 5) is 0. The fraction of sp³-hybridized carbons (Fsp3) is 1.00. The minimum Gasteiger partial charge on any atom is -0.393 e. The van der Waals surface area contributed by atoms with Gasteiger partial charge in [-0.1, -0.05) is 32.6 Å². The zero-order valence-electron chi connectivity index (χ0n) is 11.2. The van der Waals surface area contributed by atoms with Gasteiger partial charge in [-0.05, 0) is 26.7 Å². The Labute approximate surface area is 101 Å². The van der Waals surface area contributed by atoms with Crippen LogP contribution in [0.3, 0.4) is 0 Å². The van der Waals surface area contributed by atoms with Crippen LogP contribution in [-0.2, 0) is 0 Å². The monoisotopic (exact) mass is 230 g/mol. The van der Waals surface area contributed by atoms with E-state index in [1.165, 1.54) is 25.7 Å². The van der Waals surface area contributed by atoms with Crippen molar-refractivity contribution in [1.82, 2.24) is 5.32 Å². The van der Waals surface area contributed by atoms with Crippen LogP contribution in [0.5, 0.6) is 0 Å². The Balaban J connectivity index is 3.64. The SMILES string of the molecule is CCCCCCC(CN)NC(C)CC(C)O. The smallest absolute Gasteiger partial charge is 0.0526 e. The first-order chi connectivity index (χ1) is 7.60. The van der Waals surface area contributed by atoms with Crippen molar-refractivity contribution in [3.63, 3.8) is 0 Å². The molecule has 4 N–H and O–H groups in total. The summed E-state index contributed by atoms with van der Waals surface area (Å²) < 4.78 is 0. The first-order valence-corrected chi connectivity index (χ1v) is 6.74. The summed E-state index contributed by atoms with van der Waals surface area (Å²) in [5, 5.41) is 12.8.